The molecule has 108 valence electrons. The Labute approximate surface area is 128 Å². The fourth-order valence-electron chi connectivity index (χ4n) is 1.77. The first-order chi connectivity index (χ1) is 10.1. The highest BCUT2D eigenvalue weighted by molar-refractivity contribution is 7.80. The third-order valence-corrected chi connectivity index (χ3v) is 3.32. The van der Waals surface area contributed by atoms with Crippen LogP contribution in [0.2, 0.25) is 0 Å². The van der Waals surface area contributed by atoms with Crippen LogP contribution in [0.5, 0.6) is 0 Å². The van der Waals surface area contributed by atoms with E-state index in [4.69, 9.17) is 12.2 Å². The van der Waals surface area contributed by atoms with Crippen LogP contribution in [-0.4, -0.2) is 23.0 Å². The predicted molar refractivity (Wildman–Crippen MR) is 83.4 cm³/mol. The number of nitrogens with one attached hydrogen (secondary N) is 1. The molecule has 0 fully saturated rings. The standard InChI is InChI=1S/C15H15N3O2S/c1-17(14(21)11-12-7-3-2-4-8-12)16-15(19)13-9-5-6-10-18(13)20/h2-10H,11H2,1H3,(H,16,19). The minimum Gasteiger partial charge on any atom is -0.618 e. The van der Waals surface area contributed by atoms with Gasteiger partial charge >= 0.3 is 5.91 Å². The number of benzene rings is 1. The molecule has 0 spiro atoms. The van der Waals surface area contributed by atoms with Crippen LogP contribution in [0.1, 0.15) is 16.1 Å². The number of hydrazine groups is 1. The summed E-state index contributed by atoms with van der Waals surface area (Å²) in [6.07, 6.45) is 1.82. The Bertz CT molecular complexity index is 646. The van der Waals surface area contributed by atoms with E-state index in [-0.39, 0.29) is 5.69 Å². The lowest BCUT2D eigenvalue weighted by Crippen LogP contribution is -2.47. The van der Waals surface area contributed by atoms with Gasteiger partial charge < -0.3 is 5.21 Å². The predicted octanol–water partition coefficient (Wildman–Crippen LogP) is 1.47. The topological polar surface area (TPSA) is 59.3 Å². The lowest BCUT2D eigenvalue weighted by Gasteiger charge is -2.20. The van der Waals surface area contributed by atoms with Crippen LogP contribution in [0, 0.1) is 5.21 Å². The molecule has 0 unspecified atom stereocenters. The van der Waals surface area contributed by atoms with Gasteiger partial charge in [-0.2, -0.15) is 4.73 Å². The van der Waals surface area contributed by atoms with Gasteiger partial charge in [0.1, 0.15) is 4.99 Å². The van der Waals surface area contributed by atoms with Crippen LogP contribution in [0.3, 0.4) is 0 Å². The van der Waals surface area contributed by atoms with Crippen molar-refractivity contribution in [3.8, 4) is 0 Å². The summed E-state index contributed by atoms with van der Waals surface area (Å²) in [5.74, 6) is -0.497. The highest BCUT2D eigenvalue weighted by Gasteiger charge is 2.17. The summed E-state index contributed by atoms with van der Waals surface area (Å²) >= 11 is 5.29. The monoisotopic (exact) mass is 301 g/mol. The molecule has 0 aliphatic rings. The zero-order valence-electron chi connectivity index (χ0n) is 11.5. The molecule has 0 saturated heterocycles. The first-order valence-corrected chi connectivity index (χ1v) is 6.78. The van der Waals surface area contributed by atoms with Gasteiger partial charge in [-0.15, -0.1) is 0 Å². The Morgan fingerprint density at radius 1 is 1.24 bits per heavy atom. The van der Waals surface area contributed by atoms with Gasteiger partial charge in [-0.1, -0.05) is 42.5 Å². The molecule has 0 bridgehead atoms. The van der Waals surface area contributed by atoms with Gasteiger partial charge in [0.25, 0.3) is 5.69 Å². The molecule has 2 rings (SSSR count). The summed E-state index contributed by atoms with van der Waals surface area (Å²) < 4.78 is 0.517. The first-order valence-electron chi connectivity index (χ1n) is 6.37. The SMILES string of the molecule is CN(NC(=O)c1cccc[n+]1[O-])C(=S)Cc1ccccc1. The summed E-state index contributed by atoms with van der Waals surface area (Å²) in [5, 5.41) is 13.0. The number of carbonyl (C=O) groups excluding carboxylic acids is 1. The number of hydrogen-bond acceptors (Lipinski definition) is 3. The second kappa shape index (κ2) is 6.81. The molecule has 0 atom stereocenters. The molecule has 0 radical (unpaired) electrons. The van der Waals surface area contributed by atoms with E-state index in [1.54, 1.807) is 19.2 Å². The van der Waals surface area contributed by atoms with Crippen LogP contribution in [0.25, 0.3) is 0 Å². The van der Waals surface area contributed by atoms with E-state index in [1.165, 1.54) is 17.3 Å². The molecule has 2 aromatic rings. The smallest absolute Gasteiger partial charge is 0.335 e. The Balaban J connectivity index is 1.98. The summed E-state index contributed by atoms with van der Waals surface area (Å²) in [4.78, 5) is 12.6. The van der Waals surface area contributed by atoms with Crippen molar-refractivity contribution in [2.24, 2.45) is 0 Å². The normalized spacial score (nSPS) is 9.95. The molecular formula is C15H15N3O2S. The minimum atomic E-state index is -0.497. The van der Waals surface area contributed by atoms with Crippen molar-refractivity contribution in [3.63, 3.8) is 0 Å². The molecule has 0 aliphatic heterocycles. The lowest BCUT2D eigenvalue weighted by molar-refractivity contribution is -0.607. The molecule has 1 aromatic heterocycles. The van der Waals surface area contributed by atoms with Crippen LogP contribution in [0.15, 0.2) is 54.7 Å². The number of nitrogens with zero attached hydrogens (tertiary/aromatic N) is 2. The Hall–Kier alpha value is -2.47. The van der Waals surface area contributed by atoms with E-state index in [9.17, 15) is 10.0 Å². The molecule has 6 heteroatoms. The fourth-order valence-corrected chi connectivity index (χ4v) is 1.98. The van der Waals surface area contributed by atoms with Gasteiger partial charge in [-0.25, -0.2) is 0 Å². The maximum atomic E-state index is 12.0. The summed E-state index contributed by atoms with van der Waals surface area (Å²) in [6, 6.07) is 14.4. The van der Waals surface area contributed by atoms with E-state index in [0.717, 1.165) is 5.56 Å². The van der Waals surface area contributed by atoms with Crippen molar-refractivity contribution in [1.82, 2.24) is 10.4 Å². The molecule has 0 saturated carbocycles. The molecule has 1 aromatic carbocycles. The van der Waals surface area contributed by atoms with E-state index >= 15 is 0 Å². The Morgan fingerprint density at radius 2 is 1.90 bits per heavy atom. The summed E-state index contributed by atoms with van der Waals surface area (Å²) in [6.45, 7) is 0. The Kier molecular flexibility index (Phi) is 4.84. The number of thiocarbonyl (C=S) groups is 1. The Morgan fingerprint density at radius 3 is 2.57 bits per heavy atom. The summed E-state index contributed by atoms with van der Waals surface area (Å²) in [5.41, 5.74) is 3.67. The maximum Gasteiger partial charge on any atom is 0.335 e. The molecule has 0 aliphatic carbocycles. The average molecular weight is 301 g/mol. The van der Waals surface area contributed by atoms with Crippen molar-refractivity contribution < 1.29 is 9.52 Å². The van der Waals surface area contributed by atoms with Crippen LogP contribution >= 0.6 is 12.2 Å². The second-order valence-electron chi connectivity index (χ2n) is 4.47. The third-order valence-electron chi connectivity index (χ3n) is 2.90. The molecule has 1 heterocycles. The van der Waals surface area contributed by atoms with E-state index < -0.39 is 5.91 Å². The van der Waals surface area contributed by atoms with Gasteiger partial charge in [0.2, 0.25) is 0 Å². The van der Waals surface area contributed by atoms with Crippen LogP contribution < -0.4 is 10.2 Å². The fraction of sp³-hybridized carbons (Fsp3) is 0.133. The number of hydrogen-bond donors (Lipinski definition) is 1. The number of likely N-dealkylation sites (N-methyl/N-ethyl adjacent to an activating group) is 1. The average Bonchev–Trinajstić information content (AvgIpc) is 2.48. The number of rotatable bonds is 3. The summed E-state index contributed by atoms with van der Waals surface area (Å²) in [7, 11) is 1.65. The number of carbonyl (C=O) groups is 1. The third kappa shape index (κ3) is 4.00. The van der Waals surface area contributed by atoms with Crippen molar-refractivity contribution >= 4 is 23.1 Å². The van der Waals surface area contributed by atoms with E-state index in [2.05, 4.69) is 5.43 Å². The molecule has 5 nitrogen and oxygen atoms in total. The van der Waals surface area contributed by atoms with E-state index in [1.807, 2.05) is 30.3 Å². The molecule has 1 amide bonds. The van der Waals surface area contributed by atoms with Gasteiger partial charge in [0.05, 0.1) is 0 Å². The number of aromatic nitrogens is 1. The van der Waals surface area contributed by atoms with Crippen molar-refractivity contribution in [1.29, 1.82) is 0 Å². The molecule has 1 N–H and O–H groups in total. The largest absolute Gasteiger partial charge is 0.618 e. The van der Waals surface area contributed by atoms with Gasteiger partial charge in [-0.05, 0) is 11.6 Å². The molecular weight excluding hydrogens is 286 g/mol. The van der Waals surface area contributed by atoms with Gasteiger partial charge in [-0.3, -0.25) is 15.2 Å². The van der Waals surface area contributed by atoms with Gasteiger partial charge in [0.15, 0.2) is 6.20 Å². The highest BCUT2D eigenvalue weighted by atomic mass is 32.1. The lowest BCUT2D eigenvalue weighted by atomic mass is 10.1. The van der Waals surface area contributed by atoms with Crippen LogP contribution in [-0.2, 0) is 6.42 Å². The number of amides is 1. The van der Waals surface area contributed by atoms with E-state index in [0.29, 0.717) is 16.1 Å². The first kappa shape index (κ1) is 14.9. The minimum absolute atomic E-state index is 0.0202. The molecule has 21 heavy (non-hydrogen) atoms. The van der Waals surface area contributed by atoms with Crippen molar-refractivity contribution in [3.05, 3.63) is 71.2 Å². The zero-order chi connectivity index (χ0) is 15.2. The van der Waals surface area contributed by atoms with Crippen LogP contribution in [0.4, 0.5) is 0 Å². The highest BCUT2D eigenvalue weighted by Crippen LogP contribution is 2.03. The maximum absolute atomic E-state index is 12.0. The van der Waals surface area contributed by atoms with Gasteiger partial charge in [0, 0.05) is 25.6 Å². The zero-order valence-corrected chi connectivity index (χ0v) is 12.3. The second-order valence-corrected chi connectivity index (χ2v) is 4.94. The number of pyridine rings is 1. The quantitative estimate of drug-likeness (QED) is 0.404. The van der Waals surface area contributed by atoms with Crippen molar-refractivity contribution in [2.75, 3.05) is 7.05 Å². The van der Waals surface area contributed by atoms with Crippen molar-refractivity contribution in [2.45, 2.75) is 6.42 Å².